The molecular weight excluding hydrogens is 293 g/mol. The number of amides is 1. The smallest absolute Gasteiger partial charge is 0.340 e. The van der Waals surface area contributed by atoms with Crippen LogP contribution < -0.4 is 5.73 Å². The van der Waals surface area contributed by atoms with Crippen LogP contribution in [-0.4, -0.2) is 35.6 Å². The van der Waals surface area contributed by atoms with Crippen molar-refractivity contribution in [2.45, 2.75) is 50.4 Å². The lowest BCUT2D eigenvalue weighted by atomic mass is 9.92. The van der Waals surface area contributed by atoms with Crippen molar-refractivity contribution < 1.29 is 18.0 Å². The van der Waals surface area contributed by atoms with E-state index in [0.29, 0.717) is 19.4 Å². The second-order valence-corrected chi connectivity index (χ2v) is 5.93. The number of carbonyl (C=O) groups is 1. The lowest BCUT2D eigenvalue weighted by molar-refractivity contribution is -0.162. The van der Waals surface area contributed by atoms with Gasteiger partial charge in [-0.1, -0.05) is 30.3 Å². The zero-order valence-corrected chi connectivity index (χ0v) is 12.5. The van der Waals surface area contributed by atoms with Crippen molar-refractivity contribution in [3.63, 3.8) is 0 Å². The zero-order chi connectivity index (χ0) is 16.3. The van der Waals surface area contributed by atoms with Crippen LogP contribution >= 0.6 is 0 Å². The van der Waals surface area contributed by atoms with Gasteiger partial charge in [-0.3, -0.25) is 4.79 Å². The predicted molar refractivity (Wildman–Crippen MR) is 78.2 cm³/mol. The third kappa shape index (κ3) is 4.00. The molecule has 0 spiro atoms. The molecule has 122 valence electrons. The van der Waals surface area contributed by atoms with Crippen molar-refractivity contribution >= 4 is 5.91 Å². The molecule has 2 N–H and O–H groups in total. The van der Waals surface area contributed by atoms with Crippen LogP contribution in [0.15, 0.2) is 30.3 Å². The number of alkyl halides is 3. The first-order chi connectivity index (χ1) is 10.3. The van der Waals surface area contributed by atoms with E-state index in [1.54, 1.807) is 18.2 Å². The summed E-state index contributed by atoms with van der Waals surface area (Å²) < 4.78 is 39.9. The maximum atomic E-state index is 13.3. The molecule has 0 bridgehead atoms. The molecule has 1 saturated heterocycles. The summed E-state index contributed by atoms with van der Waals surface area (Å²) in [5.41, 5.74) is 5.96. The van der Waals surface area contributed by atoms with Gasteiger partial charge in [-0.05, 0) is 25.3 Å². The Balaban J connectivity index is 2.12. The van der Waals surface area contributed by atoms with Crippen LogP contribution in [0.2, 0.25) is 0 Å². The quantitative estimate of drug-likeness (QED) is 0.932. The van der Waals surface area contributed by atoms with Crippen LogP contribution in [0.4, 0.5) is 13.2 Å². The second-order valence-electron chi connectivity index (χ2n) is 5.93. The standard InChI is InChI=1S/C16H21F3N2O/c1-11-9-13(20)7-8-21(11)15(22)10-14(16(17,18)19)12-5-3-2-4-6-12/h2-6,11,13-14H,7-10,20H2,1H3/t11-,13-,14+/m1/s1. The number of rotatable bonds is 3. The van der Waals surface area contributed by atoms with Gasteiger partial charge in [0.25, 0.3) is 0 Å². The zero-order valence-electron chi connectivity index (χ0n) is 12.5. The highest BCUT2D eigenvalue weighted by atomic mass is 19.4. The first-order valence-corrected chi connectivity index (χ1v) is 7.45. The highest BCUT2D eigenvalue weighted by Gasteiger charge is 2.43. The number of carbonyl (C=O) groups excluding carboxylic acids is 1. The van der Waals surface area contributed by atoms with Gasteiger partial charge in [-0.15, -0.1) is 0 Å². The number of halogens is 3. The number of hydrogen-bond acceptors (Lipinski definition) is 2. The number of benzene rings is 1. The molecule has 1 fully saturated rings. The van der Waals surface area contributed by atoms with Gasteiger partial charge < -0.3 is 10.6 Å². The summed E-state index contributed by atoms with van der Waals surface area (Å²) in [5, 5.41) is 0. The molecule has 1 aromatic rings. The highest BCUT2D eigenvalue weighted by molar-refractivity contribution is 5.77. The molecule has 0 saturated carbocycles. The Kier molecular flexibility index (Phi) is 5.11. The molecule has 3 nitrogen and oxygen atoms in total. The van der Waals surface area contributed by atoms with Crippen LogP contribution in [0.1, 0.15) is 37.7 Å². The van der Waals surface area contributed by atoms with E-state index in [0.717, 1.165) is 0 Å². The van der Waals surface area contributed by atoms with E-state index in [1.807, 2.05) is 6.92 Å². The lowest BCUT2D eigenvalue weighted by Crippen LogP contribution is -2.49. The number of nitrogens with two attached hydrogens (primary N) is 1. The van der Waals surface area contributed by atoms with Crippen molar-refractivity contribution in [3.05, 3.63) is 35.9 Å². The molecule has 0 unspecified atom stereocenters. The molecule has 1 heterocycles. The molecule has 0 radical (unpaired) electrons. The van der Waals surface area contributed by atoms with E-state index in [9.17, 15) is 18.0 Å². The van der Waals surface area contributed by atoms with Crippen molar-refractivity contribution in [1.29, 1.82) is 0 Å². The van der Waals surface area contributed by atoms with Crippen molar-refractivity contribution in [2.24, 2.45) is 5.73 Å². The largest absolute Gasteiger partial charge is 0.396 e. The molecule has 6 heteroatoms. The topological polar surface area (TPSA) is 46.3 Å². The van der Waals surface area contributed by atoms with Gasteiger partial charge in [0, 0.05) is 25.0 Å². The van der Waals surface area contributed by atoms with Crippen LogP contribution in [0, 0.1) is 0 Å². The first kappa shape index (κ1) is 16.8. The van der Waals surface area contributed by atoms with Gasteiger partial charge in [0.05, 0.1) is 5.92 Å². The van der Waals surface area contributed by atoms with E-state index in [1.165, 1.54) is 17.0 Å². The molecule has 1 aromatic carbocycles. The van der Waals surface area contributed by atoms with Crippen LogP contribution in [0.5, 0.6) is 0 Å². The third-order valence-corrected chi connectivity index (χ3v) is 4.21. The van der Waals surface area contributed by atoms with Gasteiger partial charge in [0.1, 0.15) is 0 Å². The summed E-state index contributed by atoms with van der Waals surface area (Å²) in [6.07, 6.45) is -3.72. The fourth-order valence-corrected chi connectivity index (χ4v) is 2.98. The maximum absolute atomic E-state index is 13.3. The summed E-state index contributed by atoms with van der Waals surface area (Å²) in [6, 6.07) is 7.52. The SMILES string of the molecule is C[C@@H]1C[C@H](N)CCN1C(=O)C[C@@H](c1ccccc1)C(F)(F)F. The normalized spacial score (nSPS) is 24.1. The number of nitrogens with zero attached hydrogens (tertiary/aromatic N) is 1. The van der Waals surface area contributed by atoms with Crippen LogP contribution in [0.3, 0.4) is 0 Å². The Bertz CT molecular complexity index is 504. The van der Waals surface area contributed by atoms with E-state index in [4.69, 9.17) is 5.73 Å². The van der Waals surface area contributed by atoms with E-state index in [-0.39, 0.29) is 17.6 Å². The summed E-state index contributed by atoms with van der Waals surface area (Å²) >= 11 is 0. The molecule has 22 heavy (non-hydrogen) atoms. The number of likely N-dealkylation sites (tertiary alicyclic amines) is 1. The Morgan fingerprint density at radius 3 is 2.55 bits per heavy atom. The second kappa shape index (κ2) is 6.69. The average Bonchev–Trinajstić information content (AvgIpc) is 2.44. The number of piperidine rings is 1. The van der Waals surface area contributed by atoms with E-state index >= 15 is 0 Å². The van der Waals surface area contributed by atoms with Crippen LogP contribution in [-0.2, 0) is 4.79 Å². The third-order valence-electron chi connectivity index (χ3n) is 4.21. The Labute approximate surface area is 128 Å². The van der Waals surface area contributed by atoms with Gasteiger partial charge in [-0.2, -0.15) is 13.2 Å². The highest BCUT2D eigenvalue weighted by Crippen LogP contribution is 2.38. The minimum absolute atomic E-state index is 0.0200. The fraction of sp³-hybridized carbons (Fsp3) is 0.562. The van der Waals surface area contributed by atoms with E-state index in [2.05, 4.69) is 0 Å². The molecule has 1 aliphatic rings. The van der Waals surface area contributed by atoms with Crippen molar-refractivity contribution in [1.82, 2.24) is 4.90 Å². The van der Waals surface area contributed by atoms with Crippen molar-refractivity contribution in [2.75, 3.05) is 6.54 Å². The van der Waals surface area contributed by atoms with E-state index < -0.39 is 24.4 Å². The molecule has 1 amide bonds. The first-order valence-electron chi connectivity index (χ1n) is 7.45. The van der Waals surface area contributed by atoms with Gasteiger partial charge in [0.15, 0.2) is 0 Å². The molecule has 1 aliphatic heterocycles. The molecule has 0 aliphatic carbocycles. The van der Waals surface area contributed by atoms with Gasteiger partial charge in [-0.25, -0.2) is 0 Å². The molecular formula is C16H21F3N2O. The Morgan fingerprint density at radius 1 is 1.36 bits per heavy atom. The van der Waals surface area contributed by atoms with Crippen LogP contribution in [0.25, 0.3) is 0 Å². The summed E-state index contributed by atoms with van der Waals surface area (Å²) in [4.78, 5) is 13.9. The monoisotopic (exact) mass is 314 g/mol. The average molecular weight is 314 g/mol. The Morgan fingerprint density at radius 2 is 2.00 bits per heavy atom. The summed E-state index contributed by atoms with van der Waals surface area (Å²) in [5.74, 6) is -2.21. The fourth-order valence-electron chi connectivity index (χ4n) is 2.98. The maximum Gasteiger partial charge on any atom is 0.396 e. The molecule has 0 aromatic heterocycles. The van der Waals surface area contributed by atoms with Crippen molar-refractivity contribution in [3.8, 4) is 0 Å². The van der Waals surface area contributed by atoms with Gasteiger partial charge in [0.2, 0.25) is 5.91 Å². The summed E-state index contributed by atoms with van der Waals surface area (Å²) in [6.45, 7) is 2.27. The minimum atomic E-state index is -4.44. The lowest BCUT2D eigenvalue weighted by Gasteiger charge is -2.37. The summed E-state index contributed by atoms with van der Waals surface area (Å²) in [7, 11) is 0. The number of hydrogen-bond donors (Lipinski definition) is 1. The minimum Gasteiger partial charge on any atom is -0.340 e. The van der Waals surface area contributed by atoms with Gasteiger partial charge >= 0.3 is 6.18 Å². The molecule has 3 atom stereocenters. The molecule has 2 rings (SSSR count). The Hall–Kier alpha value is -1.56. The predicted octanol–water partition coefficient (Wildman–Crippen LogP) is 3.06.